The number of anilines is 1. The van der Waals surface area contributed by atoms with Crippen LogP contribution in [-0.4, -0.2) is 37.0 Å². The fourth-order valence-electron chi connectivity index (χ4n) is 3.58. The third-order valence-corrected chi connectivity index (χ3v) is 4.93. The summed E-state index contributed by atoms with van der Waals surface area (Å²) in [6.07, 6.45) is -0.901. The van der Waals surface area contributed by atoms with Crippen molar-refractivity contribution in [2.75, 3.05) is 5.32 Å². The molecule has 1 aliphatic carbocycles. The fraction of sp³-hybridized carbons (Fsp3) is 0.316. The molecular weight excluding hydrogens is 392 g/mol. The first-order valence-electron chi connectivity index (χ1n) is 8.74. The van der Waals surface area contributed by atoms with Crippen LogP contribution in [0.1, 0.15) is 25.3 Å². The second-order valence-electron chi connectivity index (χ2n) is 7.41. The predicted molar refractivity (Wildman–Crippen MR) is 96.7 cm³/mol. The molecule has 1 fully saturated rings. The minimum Gasteiger partial charge on any atom is -0.507 e. The van der Waals surface area contributed by atoms with Gasteiger partial charge in [0.2, 0.25) is 0 Å². The Balaban J connectivity index is 1.79. The van der Waals surface area contributed by atoms with Gasteiger partial charge in [0.05, 0.1) is 16.7 Å². The number of nitrogens with one attached hydrogen (secondary N) is 1. The van der Waals surface area contributed by atoms with E-state index in [1.807, 2.05) is 0 Å². The number of phenols is 1. The van der Waals surface area contributed by atoms with Gasteiger partial charge in [0, 0.05) is 29.2 Å². The van der Waals surface area contributed by atoms with Crippen molar-refractivity contribution in [1.29, 1.82) is 0 Å². The van der Waals surface area contributed by atoms with Crippen molar-refractivity contribution < 1.29 is 27.8 Å². The van der Waals surface area contributed by atoms with Crippen LogP contribution in [0, 0.1) is 5.82 Å². The summed E-state index contributed by atoms with van der Waals surface area (Å²) < 4.78 is 53.1. The number of fused-ring (bicyclic) bond motifs is 1. The minimum absolute atomic E-state index is 0.0373. The highest BCUT2D eigenvalue weighted by molar-refractivity contribution is 6.00. The molecule has 3 N–H and O–H groups in total. The lowest BCUT2D eigenvalue weighted by Crippen LogP contribution is -2.48. The lowest BCUT2D eigenvalue weighted by Gasteiger charge is -2.41. The molecule has 0 bridgehead atoms. The Hall–Kier alpha value is -3.01. The normalized spacial score (nSPS) is 21.8. The van der Waals surface area contributed by atoms with Gasteiger partial charge in [-0.25, -0.2) is 4.39 Å². The maximum absolute atomic E-state index is 14.5. The number of pyridine rings is 1. The summed E-state index contributed by atoms with van der Waals surface area (Å²) in [5.74, 6) is -1.80. The number of aromatic hydroxyl groups is 1. The third kappa shape index (κ3) is 3.55. The smallest absolute Gasteiger partial charge is 0.416 e. The standard InChI is InChI=1S/C19H16F4N4O2/c1-18(29)6-10(7-18)25-17-12-8-24-3-2-11(12)16(26-27-17)15-13(20)4-9(5-14(15)28)19(21,22)23/h2-5,8,10,28-29H,6-7H2,1H3,(H,25,27)/t10-,18+. The van der Waals surface area contributed by atoms with E-state index >= 15 is 0 Å². The van der Waals surface area contributed by atoms with Crippen molar-refractivity contribution >= 4 is 16.6 Å². The number of aromatic nitrogens is 3. The zero-order chi connectivity index (χ0) is 21.0. The number of benzene rings is 1. The number of phenolic OH excluding ortho intramolecular Hbond substituents is 1. The van der Waals surface area contributed by atoms with Crippen LogP contribution < -0.4 is 5.32 Å². The predicted octanol–water partition coefficient (Wildman–Crippen LogP) is 3.88. The lowest BCUT2D eigenvalue weighted by atomic mass is 9.77. The maximum Gasteiger partial charge on any atom is 0.416 e. The average molecular weight is 408 g/mol. The van der Waals surface area contributed by atoms with Crippen LogP contribution >= 0.6 is 0 Å². The summed E-state index contributed by atoms with van der Waals surface area (Å²) >= 11 is 0. The van der Waals surface area contributed by atoms with Gasteiger partial charge in [-0.3, -0.25) is 4.98 Å². The average Bonchev–Trinajstić information content (AvgIpc) is 2.60. The number of hydrogen-bond donors (Lipinski definition) is 3. The molecule has 152 valence electrons. The summed E-state index contributed by atoms with van der Waals surface area (Å²) in [5.41, 5.74) is -2.63. The lowest BCUT2D eigenvalue weighted by molar-refractivity contribution is -0.137. The molecule has 1 aliphatic rings. The Morgan fingerprint density at radius 1 is 1.17 bits per heavy atom. The molecule has 0 aliphatic heterocycles. The Kier molecular flexibility index (Phi) is 4.34. The van der Waals surface area contributed by atoms with E-state index in [2.05, 4.69) is 20.5 Å². The molecule has 4 rings (SSSR count). The number of nitrogens with zero attached hydrogens (tertiary/aromatic N) is 3. The first-order chi connectivity index (χ1) is 13.5. The number of hydrogen-bond acceptors (Lipinski definition) is 6. The van der Waals surface area contributed by atoms with E-state index in [-0.39, 0.29) is 11.7 Å². The molecule has 0 saturated heterocycles. The molecule has 2 heterocycles. The van der Waals surface area contributed by atoms with E-state index in [1.54, 1.807) is 6.92 Å². The molecule has 29 heavy (non-hydrogen) atoms. The van der Waals surface area contributed by atoms with E-state index in [0.29, 0.717) is 41.6 Å². The monoisotopic (exact) mass is 408 g/mol. The minimum atomic E-state index is -4.80. The molecule has 6 nitrogen and oxygen atoms in total. The topological polar surface area (TPSA) is 91.2 Å². The van der Waals surface area contributed by atoms with Gasteiger partial charge in [-0.2, -0.15) is 13.2 Å². The van der Waals surface area contributed by atoms with Gasteiger partial charge in [0.25, 0.3) is 0 Å². The summed E-state index contributed by atoms with van der Waals surface area (Å²) in [7, 11) is 0. The maximum atomic E-state index is 14.5. The van der Waals surface area contributed by atoms with Crippen LogP contribution in [0.25, 0.3) is 22.0 Å². The Labute approximate surface area is 162 Å². The molecule has 2 aromatic heterocycles. The zero-order valence-corrected chi connectivity index (χ0v) is 15.1. The van der Waals surface area contributed by atoms with Crippen molar-refractivity contribution in [2.24, 2.45) is 0 Å². The molecule has 1 aromatic carbocycles. The molecule has 1 saturated carbocycles. The molecule has 0 unspecified atom stereocenters. The van der Waals surface area contributed by atoms with Crippen LogP contribution in [0.2, 0.25) is 0 Å². The highest BCUT2D eigenvalue weighted by atomic mass is 19.4. The van der Waals surface area contributed by atoms with Gasteiger partial charge >= 0.3 is 6.18 Å². The molecule has 0 spiro atoms. The van der Waals surface area contributed by atoms with Crippen molar-refractivity contribution in [3.05, 3.63) is 42.0 Å². The van der Waals surface area contributed by atoms with Crippen molar-refractivity contribution in [1.82, 2.24) is 15.2 Å². The van der Waals surface area contributed by atoms with E-state index in [4.69, 9.17) is 0 Å². The fourth-order valence-corrected chi connectivity index (χ4v) is 3.58. The molecule has 3 aromatic rings. The number of alkyl halides is 3. The Morgan fingerprint density at radius 3 is 2.52 bits per heavy atom. The van der Waals surface area contributed by atoms with Crippen LogP contribution in [0.5, 0.6) is 5.75 Å². The number of halogens is 4. The Bertz CT molecular complexity index is 1070. The second-order valence-corrected chi connectivity index (χ2v) is 7.41. The van der Waals surface area contributed by atoms with E-state index in [0.717, 1.165) is 0 Å². The molecular formula is C19H16F4N4O2. The summed E-state index contributed by atoms with van der Waals surface area (Å²) in [5, 5.41) is 31.9. The van der Waals surface area contributed by atoms with Crippen molar-refractivity contribution in [3.63, 3.8) is 0 Å². The van der Waals surface area contributed by atoms with Crippen LogP contribution in [0.4, 0.5) is 23.4 Å². The molecule has 0 radical (unpaired) electrons. The Morgan fingerprint density at radius 2 is 1.90 bits per heavy atom. The largest absolute Gasteiger partial charge is 0.507 e. The zero-order valence-electron chi connectivity index (χ0n) is 15.1. The molecule has 0 amide bonds. The number of aliphatic hydroxyl groups is 1. The molecule has 10 heteroatoms. The second kappa shape index (κ2) is 6.51. The van der Waals surface area contributed by atoms with Gasteiger partial charge < -0.3 is 15.5 Å². The highest BCUT2D eigenvalue weighted by Crippen LogP contribution is 2.41. The molecule has 0 atom stereocenters. The SMILES string of the molecule is C[C@]1(O)C[C@@H](Nc2nnc(-c3c(O)cc(C(F)(F)F)cc3F)c3ccncc23)C1. The number of rotatable bonds is 3. The first-order valence-corrected chi connectivity index (χ1v) is 8.74. The van der Waals surface area contributed by atoms with Crippen molar-refractivity contribution in [2.45, 2.75) is 37.6 Å². The van der Waals surface area contributed by atoms with E-state index in [9.17, 15) is 27.8 Å². The summed E-state index contributed by atoms with van der Waals surface area (Å²) in [6.45, 7) is 1.72. The quantitative estimate of drug-likeness (QED) is 0.570. The van der Waals surface area contributed by atoms with Crippen LogP contribution in [0.3, 0.4) is 0 Å². The first kappa shape index (κ1) is 19.3. The summed E-state index contributed by atoms with van der Waals surface area (Å²) in [6, 6.07) is 2.24. The van der Waals surface area contributed by atoms with Gasteiger partial charge in [-0.15, -0.1) is 10.2 Å². The third-order valence-electron chi connectivity index (χ3n) is 4.93. The van der Waals surface area contributed by atoms with Crippen LogP contribution in [0.15, 0.2) is 30.6 Å². The van der Waals surface area contributed by atoms with Crippen LogP contribution in [-0.2, 0) is 6.18 Å². The van der Waals surface area contributed by atoms with E-state index in [1.165, 1.54) is 18.5 Å². The van der Waals surface area contributed by atoms with Gasteiger partial charge in [0.1, 0.15) is 17.3 Å². The van der Waals surface area contributed by atoms with Gasteiger partial charge in [-0.05, 0) is 38.0 Å². The highest BCUT2D eigenvalue weighted by Gasteiger charge is 2.39. The van der Waals surface area contributed by atoms with Gasteiger partial charge in [0.15, 0.2) is 5.82 Å². The van der Waals surface area contributed by atoms with E-state index < -0.39 is 34.5 Å². The summed E-state index contributed by atoms with van der Waals surface area (Å²) in [4.78, 5) is 4.02. The van der Waals surface area contributed by atoms with Gasteiger partial charge in [-0.1, -0.05) is 0 Å². The van der Waals surface area contributed by atoms with Crippen molar-refractivity contribution in [3.8, 4) is 17.0 Å².